The van der Waals surface area contributed by atoms with Crippen LogP contribution in [0.4, 0.5) is 0 Å². The molecule has 0 amide bonds. The molecular formula is C13H10IN3O2S. The zero-order valence-corrected chi connectivity index (χ0v) is 13.5. The van der Waals surface area contributed by atoms with Gasteiger partial charge in [-0.15, -0.1) is 11.3 Å². The number of ether oxygens (including phenoxy) is 1. The highest BCUT2D eigenvalue weighted by atomic mass is 127. The molecular weight excluding hydrogens is 389 g/mol. The number of hydrogen-bond acceptors (Lipinski definition) is 5. The molecule has 5 nitrogen and oxygen atoms in total. The van der Waals surface area contributed by atoms with E-state index in [-0.39, 0.29) is 0 Å². The van der Waals surface area contributed by atoms with E-state index < -0.39 is 5.97 Å². The number of carbonyl (C=O) groups excluding carboxylic acids is 1. The molecule has 0 aliphatic rings. The highest BCUT2D eigenvalue weighted by Gasteiger charge is 2.17. The predicted octanol–water partition coefficient (Wildman–Crippen LogP) is 3.24. The fourth-order valence-corrected chi connectivity index (χ4v) is 3.52. The van der Waals surface area contributed by atoms with Crippen molar-refractivity contribution in [2.24, 2.45) is 0 Å². The van der Waals surface area contributed by atoms with Crippen molar-refractivity contribution in [1.82, 2.24) is 14.6 Å². The number of halogens is 1. The van der Waals surface area contributed by atoms with Crippen molar-refractivity contribution in [3.05, 3.63) is 39.0 Å². The number of aromatic nitrogens is 3. The summed E-state index contributed by atoms with van der Waals surface area (Å²) in [5.41, 5.74) is 1.82. The van der Waals surface area contributed by atoms with Crippen LogP contribution in [-0.2, 0) is 4.74 Å². The van der Waals surface area contributed by atoms with Crippen molar-refractivity contribution in [2.75, 3.05) is 6.61 Å². The Hall–Kier alpha value is -1.48. The molecule has 3 aromatic rings. The van der Waals surface area contributed by atoms with E-state index in [4.69, 9.17) is 4.74 Å². The fraction of sp³-hybridized carbons (Fsp3) is 0.154. The molecule has 3 aromatic heterocycles. The monoisotopic (exact) mass is 399 g/mol. The Balaban J connectivity index is 2.15. The van der Waals surface area contributed by atoms with Gasteiger partial charge < -0.3 is 4.74 Å². The van der Waals surface area contributed by atoms with E-state index in [0.29, 0.717) is 17.8 Å². The van der Waals surface area contributed by atoms with Crippen LogP contribution in [0.5, 0.6) is 0 Å². The van der Waals surface area contributed by atoms with E-state index in [2.05, 4.69) is 32.7 Å². The first-order valence-corrected chi connectivity index (χ1v) is 7.86. The average Bonchev–Trinajstić information content (AvgIpc) is 3.04. The van der Waals surface area contributed by atoms with Crippen LogP contribution in [0.1, 0.15) is 17.3 Å². The highest BCUT2D eigenvalue weighted by molar-refractivity contribution is 14.1. The lowest BCUT2D eigenvalue weighted by atomic mass is 10.3. The number of carbonyl (C=O) groups is 1. The molecule has 3 rings (SSSR count). The van der Waals surface area contributed by atoms with Crippen LogP contribution >= 0.6 is 33.9 Å². The van der Waals surface area contributed by atoms with Gasteiger partial charge in [0.15, 0.2) is 5.65 Å². The van der Waals surface area contributed by atoms with Gasteiger partial charge in [-0.2, -0.15) is 5.10 Å². The maximum Gasteiger partial charge on any atom is 0.343 e. The zero-order valence-electron chi connectivity index (χ0n) is 10.5. The van der Waals surface area contributed by atoms with Crippen LogP contribution in [-0.4, -0.2) is 27.2 Å². The Bertz CT molecular complexity index is 781. The van der Waals surface area contributed by atoms with Gasteiger partial charge in [0.25, 0.3) is 0 Å². The Morgan fingerprint density at radius 1 is 1.45 bits per heavy atom. The Kier molecular flexibility index (Phi) is 3.70. The van der Waals surface area contributed by atoms with E-state index in [1.807, 2.05) is 18.2 Å². The summed E-state index contributed by atoms with van der Waals surface area (Å²) in [5, 5.41) is 4.27. The van der Waals surface area contributed by atoms with Gasteiger partial charge >= 0.3 is 5.97 Å². The first-order valence-electron chi connectivity index (χ1n) is 5.96. The molecule has 0 aromatic carbocycles. The second kappa shape index (κ2) is 5.49. The molecule has 0 aliphatic heterocycles. The lowest BCUT2D eigenvalue weighted by Crippen LogP contribution is -2.05. The average molecular weight is 399 g/mol. The van der Waals surface area contributed by atoms with Crippen LogP contribution in [0.3, 0.4) is 0 Å². The summed E-state index contributed by atoms with van der Waals surface area (Å²) in [4.78, 5) is 17.2. The summed E-state index contributed by atoms with van der Waals surface area (Å²) in [7, 11) is 0. The molecule has 0 bridgehead atoms. The van der Waals surface area contributed by atoms with Gasteiger partial charge in [-0.3, -0.25) is 0 Å². The number of fused-ring (bicyclic) bond motifs is 1. The van der Waals surface area contributed by atoms with Crippen molar-refractivity contribution in [3.63, 3.8) is 0 Å². The maximum atomic E-state index is 11.9. The molecule has 0 N–H and O–H groups in total. The largest absolute Gasteiger partial charge is 0.462 e. The molecule has 0 spiro atoms. The number of esters is 1. The van der Waals surface area contributed by atoms with Crippen LogP contribution in [0.15, 0.2) is 30.6 Å². The molecule has 20 heavy (non-hydrogen) atoms. The fourth-order valence-electron chi connectivity index (χ4n) is 1.88. The minimum Gasteiger partial charge on any atom is -0.462 e. The number of rotatable bonds is 3. The van der Waals surface area contributed by atoms with E-state index in [9.17, 15) is 4.79 Å². The SMILES string of the molecule is CCOC(=O)c1cnn2c(-c3ccc(I)s3)ccnc12. The molecule has 0 aliphatic carbocycles. The van der Waals surface area contributed by atoms with Crippen LogP contribution in [0, 0.1) is 2.88 Å². The van der Waals surface area contributed by atoms with Crippen molar-refractivity contribution in [2.45, 2.75) is 6.92 Å². The molecule has 0 unspecified atom stereocenters. The van der Waals surface area contributed by atoms with Crippen molar-refractivity contribution >= 4 is 45.5 Å². The lowest BCUT2D eigenvalue weighted by Gasteiger charge is -2.02. The number of nitrogens with zero attached hydrogens (tertiary/aromatic N) is 3. The first kappa shape index (κ1) is 13.5. The molecule has 0 saturated carbocycles. The van der Waals surface area contributed by atoms with Gasteiger partial charge in [0.05, 0.1) is 26.3 Å². The van der Waals surface area contributed by atoms with Crippen molar-refractivity contribution < 1.29 is 9.53 Å². The van der Waals surface area contributed by atoms with Gasteiger partial charge in [0.2, 0.25) is 0 Å². The van der Waals surface area contributed by atoms with E-state index in [1.54, 1.807) is 29.0 Å². The second-order valence-electron chi connectivity index (χ2n) is 3.95. The van der Waals surface area contributed by atoms with Crippen molar-refractivity contribution in [1.29, 1.82) is 0 Å². The molecule has 3 heterocycles. The summed E-state index contributed by atoms with van der Waals surface area (Å²) in [6.45, 7) is 2.11. The third-order valence-electron chi connectivity index (χ3n) is 2.72. The molecule has 0 atom stereocenters. The van der Waals surface area contributed by atoms with Gasteiger partial charge in [-0.25, -0.2) is 14.3 Å². The van der Waals surface area contributed by atoms with Gasteiger partial charge in [-0.1, -0.05) is 0 Å². The summed E-state index contributed by atoms with van der Waals surface area (Å²) in [6.07, 6.45) is 3.18. The van der Waals surface area contributed by atoms with Crippen molar-refractivity contribution in [3.8, 4) is 10.6 Å². The standard InChI is InChI=1S/C13H10IN3O2S/c1-2-19-13(18)8-7-16-17-9(5-6-15-12(8)17)10-3-4-11(14)20-10/h3-7H,2H2,1H3. The number of hydrogen-bond donors (Lipinski definition) is 0. The summed E-state index contributed by atoms with van der Waals surface area (Å²) in [6, 6.07) is 5.96. The van der Waals surface area contributed by atoms with E-state index in [0.717, 1.165) is 10.6 Å². The zero-order chi connectivity index (χ0) is 14.1. The van der Waals surface area contributed by atoms with Gasteiger partial charge in [-0.05, 0) is 47.7 Å². The molecule has 102 valence electrons. The molecule has 0 fully saturated rings. The van der Waals surface area contributed by atoms with Gasteiger partial charge in [0, 0.05) is 6.20 Å². The minimum atomic E-state index is -0.395. The highest BCUT2D eigenvalue weighted by Crippen LogP contribution is 2.29. The molecule has 0 saturated heterocycles. The van der Waals surface area contributed by atoms with Crippen LogP contribution in [0.25, 0.3) is 16.2 Å². The molecule has 7 heteroatoms. The third-order valence-corrected chi connectivity index (χ3v) is 4.64. The topological polar surface area (TPSA) is 56.5 Å². The minimum absolute atomic E-state index is 0.332. The summed E-state index contributed by atoms with van der Waals surface area (Å²) in [5.74, 6) is -0.395. The quantitative estimate of drug-likeness (QED) is 0.501. The second-order valence-corrected chi connectivity index (χ2v) is 6.93. The first-order chi connectivity index (χ1) is 9.70. The Morgan fingerprint density at radius 2 is 2.30 bits per heavy atom. The summed E-state index contributed by atoms with van der Waals surface area (Å²) < 4.78 is 7.88. The Labute approximate surface area is 132 Å². The third kappa shape index (κ3) is 2.31. The maximum absolute atomic E-state index is 11.9. The van der Waals surface area contributed by atoms with E-state index in [1.165, 1.54) is 9.08 Å². The summed E-state index contributed by atoms with van der Waals surface area (Å²) >= 11 is 3.94. The van der Waals surface area contributed by atoms with E-state index >= 15 is 0 Å². The predicted molar refractivity (Wildman–Crippen MR) is 85.0 cm³/mol. The normalized spacial score (nSPS) is 10.9. The Morgan fingerprint density at radius 3 is 3.00 bits per heavy atom. The smallest absolute Gasteiger partial charge is 0.343 e. The molecule has 0 radical (unpaired) electrons. The van der Waals surface area contributed by atoms with Gasteiger partial charge in [0.1, 0.15) is 5.56 Å². The van der Waals surface area contributed by atoms with Crippen LogP contribution < -0.4 is 0 Å². The number of thiophene rings is 1. The van der Waals surface area contributed by atoms with Crippen LogP contribution in [0.2, 0.25) is 0 Å². The lowest BCUT2D eigenvalue weighted by molar-refractivity contribution is 0.0528.